The van der Waals surface area contributed by atoms with Gasteiger partial charge in [-0.3, -0.25) is 4.98 Å². The minimum Gasteiger partial charge on any atom is -0.497 e. The Morgan fingerprint density at radius 3 is 2.68 bits per heavy atom. The summed E-state index contributed by atoms with van der Waals surface area (Å²) in [5.74, 6) is 1.54. The van der Waals surface area contributed by atoms with Crippen molar-refractivity contribution in [2.45, 2.75) is 25.8 Å². The van der Waals surface area contributed by atoms with Gasteiger partial charge in [-0.05, 0) is 37.5 Å². The number of carbonyl (C=O) groups excluding carboxylic acids is 1. The van der Waals surface area contributed by atoms with Gasteiger partial charge < -0.3 is 20.7 Å². The van der Waals surface area contributed by atoms with Crippen molar-refractivity contribution < 1.29 is 9.53 Å². The maximum atomic E-state index is 11.9. The second kappa shape index (κ2) is 10.1. The number of hydrogen-bond donors (Lipinski definition) is 3. The number of rotatable bonds is 9. The number of amides is 2. The molecule has 0 aliphatic heterocycles. The summed E-state index contributed by atoms with van der Waals surface area (Å²) in [6.45, 7) is 3.10. The van der Waals surface area contributed by atoms with Crippen molar-refractivity contribution in [1.29, 1.82) is 0 Å². The molecule has 2 aromatic rings. The highest BCUT2D eigenvalue weighted by atomic mass is 16.5. The maximum Gasteiger partial charge on any atom is 0.315 e. The molecule has 0 unspecified atom stereocenters. The summed E-state index contributed by atoms with van der Waals surface area (Å²) in [7, 11) is 1.66. The van der Waals surface area contributed by atoms with Crippen molar-refractivity contribution in [1.82, 2.24) is 20.6 Å². The van der Waals surface area contributed by atoms with Crippen molar-refractivity contribution in [2.75, 3.05) is 25.5 Å². The van der Waals surface area contributed by atoms with Gasteiger partial charge in [0.05, 0.1) is 13.3 Å². The number of aryl methyl sites for hydroxylation is 1. The molecule has 0 aliphatic rings. The van der Waals surface area contributed by atoms with E-state index in [1.54, 1.807) is 25.7 Å². The van der Waals surface area contributed by atoms with Crippen LogP contribution in [0.3, 0.4) is 0 Å². The first-order chi connectivity index (χ1) is 12.2. The van der Waals surface area contributed by atoms with Crippen LogP contribution in [0.5, 0.6) is 5.75 Å². The van der Waals surface area contributed by atoms with Gasteiger partial charge in [0.1, 0.15) is 11.6 Å². The molecule has 1 heterocycles. The van der Waals surface area contributed by atoms with Gasteiger partial charge in [0, 0.05) is 31.5 Å². The van der Waals surface area contributed by atoms with E-state index >= 15 is 0 Å². The molecule has 0 fully saturated rings. The zero-order chi connectivity index (χ0) is 17.9. The summed E-state index contributed by atoms with van der Waals surface area (Å²) in [6.07, 6.45) is 6.65. The molecule has 0 saturated heterocycles. The Morgan fingerprint density at radius 2 is 2.00 bits per heavy atom. The lowest BCUT2D eigenvalue weighted by molar-refractivity contribution is 0.237. The van der Waals surface area contributed by atoms with E-state index < -0.39 is 0 Å². The fourth-order valence-electron chi connectivity index (χ4n) is 2.28. The van der Waals surface area contributed by atoms with Gasteiger partial charge in [0.15, 0.2) is 0 Å². The van der Waals surface area contributed by atoms with Crippen LogP contribution in [0.15, 0.2) is 42.9 Å². The Morgan fingerprint density at radius 1 is 1.20 bits per heavy atom. The van der Waals surface area contributed by atoms with Crippen LogP contribution in [0, 0.1) is 0 Å². The van der Waals surface area contributed by atoms with Crippen LogP contribution in [-0.4, -0.2) is 42.2 Å². The van der Waals surface area contributed by atoms with Crippen LogP contribution in [0.25, 0.3) is 0 Å². The predicted octanol–water partition coefficient (Wildman–Crippen LogP) is 2.22. The number of benzene rings is 1. The molecule has 2 amide bonds. The van der Waals surface area contributed by atoms with E-state index in [1.165, 1.54) is 5.56 Å². The van der Waals surface area contributed by atoms with Crippen LogP contribution in [-0.2, 0) is 6.42 Å². The molecule has 0 aliphatic carbocycles. The normalized spacial score (nSPS) is 11.4. The van der Waals surface area contributed by atoms with Crippen LogP contribution in [0.4, 0.5) is 10.6 Å². The van der Waals surface area contributed by atoms with Crippen molar-refractivity contribution in [3.63, 3.8) is 0 Å². The third-order valence-electron chi connectivity index (χ3n) is 3.68. The van der Waals surface area contributed by atoms with E-state index in [9.17, 15) is 4.79 Å². The summed E-state index contributed by atoms with van der Waals surface area (Å²) < 4.78 is 5.14. The van der Waals surface area contributed by atoms with Gasteiger partial charge in [-0.25, -0.2) is 9.78 Å². The van der Waals surface area contributed by atoms with Gasteiger partial charge in [0.25, 0.3) is 0 Å². The number of hydrogen-bond acceptors (Lipinski definition) is 5. The lowest BCUT2D eigenvalue weighted by Crippen LogP contribution is -2.42. The Labute approximate surface area is 148 Å². The molecule has 1 aromatic heterocycles. The smallest absolute Gasteiger partial charge is 0.315 e. The molecule has 0 spiro atoms. The number of aromatic nitrogens is 2. The topological polar surface area (TPSA) is 88.2 Å². The summed E-state index contributed by atoms with van der Waals surface area (Å²) >= 11 is 0. The van der Waals surface area contributed by atoms with Crippen LogP contribution < -0.4 is 20.7 Å². The van der Waals surface area contributed by atoms with Crippen molar-refractivity contribution in [3.05, 3.63) is 48.4 Å². The zero-order valence-electron chi connectivity index (χ0n) is 14.7. The molecule has 2 rings (SSSR count). The molecule has 134 valence electrons. The number of carbonyl (C=O) groups is 1. The van der Waals surface area contributed by atoms with E-state index in [-0.39, 0.29) is 12.1 Å². The largest absolute Gasteiger partial charge is 0.497 e. The Balaban J connectivity index is 1.59. The monoisotopic (exact) mass is 343 g/mol. The first-order valence-corrected chi connectivity index (χ1v) is 8.34. The quantitative estimate of drug-likeness (QED) is 0.608. The highest BCUT2D eigenvalue weighted by Gasteiger charge is 2.07. The second-order valence-electron chi connectivity index (χ2n) is 5.71. The SMILES string of the molecule is COc1ccc(CC[C@@H](C)NC(=O)NCCNc2cnccn2)cc1. The summed E-state index contributed by atoms with van der Waals surface area (Å²) in [4.78, 5) is 19.9. The van der Waals surface area contributed by atoms with Crippen molar-refractivity contribution in [2.24, 2.45) is 0 Å². The summed E-state index contributed by atoms with van der Waals surface area (Å²) in [6, 6.07) is 7.92. The van der Waals surface area contributed by atoms with E-state index in [1.807, 2.05) is 31.2 Å². The number of ether oxygens (including phenoxy) is 1. The molecule has 25 heavy (non-hydrogen) atoms. The van der Waals surface area contributed by atoms with Crippen LogP contribution in [0.1, 0.15) is 18.9 Å². The molecule has 3 N–H and O–H groups in total. The van der Waals surface area contributed by atoms with Gasteiger partial charge in [0.2, 0.25) is 0 Å². The number of methoxy groups -OCH3 is 1. The molecule has 1 atom stereocenters. The minimum absolute atomic E-state index is 0.0926. The Hall–Kier alpha value is -2.83. The van der Waals surface area contributed by atoms with E-state index in [2.05, 4.69) is 25.9 Å². The van der Waals surface area contributed by atoms with Gasteiger partial charge in [-0.1, -0.05) is 12.1 Å². The average Bonchev–Trinajstić information content (AvgIpc) is 2.65. The summed E-state index contributed by atoms with van der Waals surface area (Å²) in [5.41, 5.74) is 1.23. The lowest BCUT2D eigenvalue weighted by Gasteiger charge is -2.15. The molecule has 1 aromatic carbocycles. The van der Waals surface area contributed by atoms with E-state index in [0.29, 0.717) is 18.9 Å². The molecule has 0 bridgehead atoms. The molecular formula is C18H25N5O2. The first kappa shape index (κ1) is 18.5. The molecule has 7 heteroatoms. The average molecular weight is 343 g/mol. The number of nitrogens with zero attached hydrogens (tertiary/aromatic N) is 2. The standard InChI is InChI=1S/C18H25N5O2/c1-14(3-4-15-5-7-16(25-2)8-6-15)23-18(24)22-12-11-21-17-13-19-9-10-20-17/h5-10,13-14H,3-4,11-12H2,1-2H3,(H,20,21)(H2,22,23,24)/t14-/m1/s1. The molecule has 0 saturated carbocycles. The third-order valence-corrected chi connectivity index (χ3v) is 3.68. The van der Waals surface area contributed by atoms with Crippen LogP contribution >= 0.6 is 0 Å². The predicted molar refractivity (Wildman–Crippen MR) is 97.8 cm³/mol. The number of urea groups is 1. The van der Waals surface area contributed by atoms with Gasteiger partial charge in [-0.15, -0.1) is 0 Å². The highest BCUT2D eigenvalue weighted by Crippen LogP contribution is 2.13. The number of nitrogens with one attached hydrogen (secondary N) is 3. The van der Waals surface area contributed by atoms with Gasteiger partial charge >= 0.3 is 6.03 Å². The number of anilines is 1. The Bertz CT molecular complexity index is 634. The Kier molecular flexibility index (Phi) is 7.49. The minimum atomic E-state index is -0.164. The van der Waals surface area contributed by atoms with E-state index in [0.717, 1.165) is 18.6 Å². The van der Waals surface area contributed by atoms with Crippen LogP contribution in [0.2, 0.25) is 0 Å². The third kappa shape index (κ3) is 7.07. The second-order valence-corrected chi connectivity index (χ2v) is 5.71. The highest BCUT2D eigenvalue weighted by molar-refractivity contribution is 5.74. The van der Waals surface area contributed by atoms with E-state index in [4.69, 9.17) is 4.74 Å². The van der Waals surface area contributed by atoms with Crippen molar-refractivity contribution >= 4 is 11.8 Å². The first-order valence-electron chi connectivity index (χ1n) is 8.34. The fraction of sp³-hybridized carbons (Fsp3) is 0.389. The molecule has 0 radical (unpaired) electrons. The zero-order valence-corrected chi connectivity index (χ0v) is 14.7. The summed E-state index contributed by atoms with van der Waals surface area (Å²) in [5, 5.41) is 8.84. The molecule has 7 nitrogen and oxygen atoms in total. The maximum absolute atomic E-state index is 11.9. The van der Waals surface area contributed by atoms with Crippen molar-refractivity contribution in [3.8, 4) is 5.75 Å². The van der Waals surface area contributed by atoms with Gasteiger partial charge in [-0.2, -0.15) is 0 Å². The lowest BCUT2D eigenvalue weighted by atomic mass is 10.1. The fourth-order valence-corrected chi connectivity index (χ4v) is 2.28. The molecular weight excluding hydrogens is 318 g/mol.